The number of aryl methyl sites for hydroxylation is 2. The van der Waals surface area contributed by atoms with E-state index in [2.05, 4.69) is 54.7 Å². The highest BCUT2D eigenvalue weighted by Crippen LogP contribution is 2.16. The maximum atomic E-state index is 12.8. The Labute approximate surface area is 182 Å². The minimum atomic E-state index is -0.384. The topological polar surface area (TPSA) is 120 Å². The number of carbonyl (C=O) groups is 1. The van der Waals surface area contributed by atoms with Crippen LogP contribution in [0, 0.1) is 0 Å². The van der Waals surface area contributed by atoms with E-state index >= 15 is 0 Å². The SMILES string of the molecule is CCCCn1nnnc1CN1CCN(Cc2nnnn2CCCC)[C@@H](C(=O)OCC)C1. The first kappa shape index (κ1) is 23.2. The van der Waals surface area contributed by atoms with Crippen molar-refractivity contribution in [3.05, 3.63) is 11.6 Å². The van der Waals surface area contributed by atoms with Crippen LogP contribution in [0.15, 0.2) is 0 Å². The van der Waals surface area contributed by atoms with E-state index in [0.29, 0.717) is 32.8 Å². The third-order valence-electron chi connectivity index (χ3n) is 5.50. The first-order valence-corrected chi connectivity index (χ1v) is 11.3. The van der Waals surface area contributed by atoms with E-state index in [1.807, 2.05) is 16.3 Å². The predicted octanol–water partition coefficient (Wildman–Crippen LogP) is 0.509. The van der Waals surface area contributed by atoms with Crippen molar-refractivity contribution in [3.8, 4) is 0 Å². The molecule has 0 unspecified atom stereocenters. The van der Waals surface area contributed by atoms with Crippen LogP contribution < -0.4 is 0 Å². The van der Waals surface area contributed by atoms with Gasteiger partial charge in [-0.25, -0.2) is 9.36 Å². The van der Waals surface area contributed by atoms with Crippen LogP contribution in [0.3, 0.4) is 0 Å². The van der Waals surface area contributed by atoms with Gasteiger partial charge in [-0.3, -0.25) is 14.6 Å². The molecule has 0 bridgehead atoms. The van der Waals surface area contributed by atoms with E-state index in [0.717, 1.165) is 57.0 Å². The van der Waals surface area contributed by atoms with Crippen molar-refractivity contribution in [3.63, 3.8) is 0 Å². The Hall–Kier alpha value is -2.47. The second kappa shape index (κ2) is 11.8. The highest BCUT2D eigenvalue weighted by Gasteiger charge is 2.35. The Morgan fingerprint density at radius 3 is 2.13 bits per heavy atom. The largest absolute Gasteiger partial charge is 0.465 e. The smallest absolute Gasteiger partial charge is 0.324 e. The number of rotatable bonds is 12. The number of tetrazole rings is 2. The molecule has 1 atom stereocenters. The first-order valence-electron chi connectivity index (χ1n) is 11.3. The van der Waals surface area contributed by atoms with Gasteiger partial charge in [-0.15, -0.1) is 10.2 Å². The number of hydrogen-bond donors (Lipinski definition) is 0. The van der Waals surface area contributed by atoms with E-state index in [9.17, 15) is 4.79 Å². The molecule has 0 aliphatic carbocycles. The highest BCUT2D eigenvalue weighted by atomic mass is 16.5. The molecule has 12 nitrogen and oxygen atoms in total. The highest BCUT2D eigenvalue weighted by molar-refractivity contribution is 5.76. The maximum absolute atomic E-state index is 12.8. The second-order valence-corrected chi connectivity index (χ2v) is 7.82. The quantitative estimate of drug-likeness (QED) is 0.437. The van der Waals surface area contributed by atoms with Gasteiger partial charge in [0, 0.05) is 32.7 Å². The molecule has 12 heteroatoms. The van der Waals surface area contributed by atoms with Crippen molar-refractivity contribution in [1.82, 2.24) is 50.2 Å². The van der Waals surface area contributed by atoms with Gasteiger partial charge < -0.3 is 4.74 Å². The fourth-order valence-corrected chi connectivity index (χ4v) is 3.69. The average molecular weight is 435 g/mol. The van der Waals surface area contributed by atoms with Crippen molar-refractivity contribution < 1.29 is 9.53 Å². The third kappa shape index (κ3) is 6.26. The fraction of sp³-hybridized carbons (Fsp3) is 0.842. The van der Waals surface area contributed by atoms with E-state index in [-0.39, 0.29) is 12.0 Å². The lowest BCUT2D eigenvalue weighted by molar-refractivity contribution is -0.152. The number of esters is 1. The molecule has 3 rings (SSSR count). The average Bonchev–Trinajstić information content (AvgIpc) is 3.41. The summed E-state index contributed by atoms with van der Waals surface area (Å²) in [6.45, 7) is 11.2. The van der Waals surface area contributed by atoms with Crippen molar-refractivity contribution in [1.29, 1.82) is 0 Å². The van der Waals surface area contributed by atoms with Gasteiger partial charge in [-0.1, -0.05) is 26.7 Å². The molecule has 0 radical (unpaired) electrons. The summed E-state index contributed by atoms with van der Waals surface area (Å²) in [6, 6.07) is -0.384. The van der Waals surface area contributed by atoms with Crippen molar-refractivity contribution in [2.45, 2.75) is 78.7 Å². The van der Waals surface area contributed by atoms with Crippen LogP contribution in [0.2, 0.25) is 0 Å². The predicted molar refractivity (Wildman–Crippen MR) is 112 cm³/mol. The molecule has 0 spiro atoms. The molecular formula is C19H34N10O2. The number of piperazine rings is 1. The molecule has 1 fully saturated rings. The number of ether oxygens (including phenoxy) is 1. The summed E-state index contributed by atoms with van der Waals surface area (Å²) in [5.74, 6) is 1.39. The number of unbranched alkanes of at least 4 members (excludes halogenated alkanes) is 2. The van der Waals surface area contributed by atoms with E-state index in [1.165, 1.54) is 0 Å². The summed E-state index contributed by atoms with van der Waals surface area (Å²) in [5.41, 5.74) is 0. The first-order chi connectivity index (χ1) is 15.2. The van der Waals surface area contributed by atoms with Crippen LogP contribution >= 0.6 is 0 Å². The fourth-order valence-electron chi connectivity index (χ4n) is 3.69. The lowest BCUT2D eigenvalue weighted by atomic mass is 10.1. The lowest BCUT2D eigenvalue weighted by Gasteiger charge is -2.39. The van der Waals surface area contributed by atoms with Gasteiger partial charge in [-0.2, -0.15) is 0 Å². The van der Waals surface area contributed by atoms with Crippen LogP contribution in [0.5, 0.6) is 0 Å². The molecule has 172 valence electrons. The number of nitrogens with zero attached hydrogens (tertiary/aromatic N) is 10. The Morgan fingerprint density at radius 2 is 1.55 bits per heavy atom. The minimum absolute atomic E-state index is 0.217. The standard InChI is InChI=1S/C19H34N10O2/c1-4-7-9-28-17(20-22-24-28)14-26-11-12-27(16(13-26)19(30)31-6-3)15-18-21-23-25-29(18)10-8-5-2/h16H,4-15H2,1-3H3/t16-/m1/s1. The Balaban J connectivity index is 1.67. The number of hydrogen-bond acceptors (Lipinski definition) is 10. The van der Waals surface area contributed by atoms with Gasteiger partial charge in [0.15, 0.2) is 11.6 Å². The van der Waals surface area contributed by atoms with Gasteiger partial charge in [0.25, 0.3) is 0 Å². The molecule has 0 N–H and O–H groups in total. The zero-order valence-corrected chi connectivity index (χ0v) is 18.9. The molecule has 2 aromatic heterocycles. The Morgan fingerprint density at radius 1 is 0.935 bits per heavy atom. The number of aromatic nitrogens is 8. The second-order valence-electron chi connectivity index (χ2n) is 7.82. The van der Waals surface area contributed by atoms with Crippen molar-refractivity contribution >= 4 is 5.97 Å². The molecule has 1 aliphatic heterocycles. The van der Waals surface area contributed by atoms with Crippen LogP contribution in [-0.4, -0.2) is 88.5 Å². The molecule has 3 heterocycles. The molecule has 1 saturated heterocycles. The third-order valence-corrected chi connectivity index (χ3v) is 5.50. The molecule has 0 saturated carbocycles. The number of carbonyl (C=O) groups excluding carboxylic acids is 1. The van der Waals surface area contributed by atoms with E-state index in [1.54, 1.807) is 0 Å². The Kier molecular flexibility index (Phi) is 8.83. The lowest BCUT2D eigenvalue weighted by Crippen LogP contribution is -2.56. The van der Waals surface area contributed by atoms with Gasteiger partial charge in [-0.05, 0) is 40.6 Å². The van der Waals surface area contributed by atoms with Crippen molar-refractivity contribution in [2.75, 3.05) is 26.2 Å². The van der Waals surface area contributed by atoms with Crippen LogP contribution in [0.1, 0.15) is 58.1 Å². The van der Waals surface area contributed by atoms with Crippen LogP contribution in [0.4, 0.5) is 0 Å². The summed E-state index contributed by atoms with van der Waals surface area (Å²) in [6.07, 6.45) is 4.20. The van der Waals surface area contributed by atoms with Gasteiger partial charge in [0.1, 0.15) is 6.04 Å². The molecule has 2 aromatic rings. The van der Waals surface area contributed by atoms with Crippen LogP contribution in [-0.2, 0) is 35.7 Å². The zero-order chi connectivity index (χ0) is 22.1. The minimum Gasteiger partial charge on any atom is -0.465 e. The zero-order valence-electron chi connectivity index (χ0n) is 18.9. The van der Waals surface area contributed by atoms with E-state index < -0.39 is 0 Å². The maximum Gasteiger partial charge on any atom is 0.324 e. The summed E-state index contributed by atoms with van der Waals surface area (Å²) in [4.78, 5) is 17.1. The molecule has 0 amide bonds. The molecule has 31 heavy (non-hydrogen) atoms. The van der Waals surface area contributed by atoms with Gasteiger partial charge in [0.2, 0.25) is 0 Å². The normalized spacial score (nSPS) is 17.8. The Bertz CT molecular complexity index is 807. The molecule has 0 aromatic carbocycles. The molecular weight excluding hydrogens is 400 g/mol. The van der Waals surface area contributed by atoms with Gasteiger partial charge >= 0.3 is 5.97 Å². The summed E-state index contributed by atoms with van der Waals surface area (Å²) >= 11 is 0. The van der Waals surface area contributed by atoms with Crippen LogP contribution in [0.25, 0.3) is 0 Å². The summed E-state index contributed by atoms with van der Waals surface area (Å²) < 4.78 is 9.07. The van der Waals surface area contributed by atoms with Gasteiger partial charge in [0.05, 0.1) is 19.7 Å². The van der Waals surface area contributed by atoms with E-state index in [4.69, 9.17) is 4.74 Å². The summed E-state index contributed by atoms with van der Waals surface area (Å²) in [7, 11) is 0. The monoisotopic (exact) mass is 434 g/mol. The van der Waals surface area contributed by atoms with Crippen molar-refractivity contribution in [2.24, 2.45) is 0 Å². The summed E-state index contributed by atoms with van der Waals surface area (Å²) in [5, 5.41) is 24.2. The molecule has 1 aliphatic rings.